The Morgan fingerprint density at radius 1 is 1.43 bits per heavy atom. The zero-order valence-corrected chi connectivity index (χ0v) is 8.62. The summed E-state index contributed by atoms with van der Waals surface area (Å²) in [6.45, 7) is 0.802. The number of nitrogens with two attached hydrogens (primary N) is 1. The lowest BCUT2D eigenvalue weighted by Crippen LogP contribution is -2.22. The van der Waals surface area contributed by atoms with Gasteiger partial charge in [-0.1, -0.05) is 6.07 Å². The molecule has 1 aromatic rings. The summed E-state index contributed by atoms with van der Waals surface area (Å²) < 4.78 is 5.22. The minimum absolute atomic E-state index is 0.662. The van der Waals surface area contributed by atoms with E-state index in [1.54, 1.807) is 7.11 Å². The Morgan fingerprint density at radius 2 is 2.29 bits per heavy atom. The molecule has 0 saturated heterocycles. The molecule has 2 nitrogen and oxygen atoms in total. The van der Waals surface area contributed by atoms with Gasteiger partial charge in [0.2, 0.25) is 0 Å². The van der Waals surface area contributed by atoms with Crippen molar-refractivity contribution in [1.82, 2.24) is 0 Å². The normalized spacial score (nSPS) is 20.3. The quantitative estimate of drug-likeness (QED) is 0.773. The second kappa shape index (κ2) is 4.01. The third-order valence-corrected chi connectivity index (χ3v) is 3.08. The van der Waals surface area contributed by atoms with Crippen LogP contribution in [0.4, 0.5) is 0 Å². The van der Waals surface area contributed by atoms with Gasteiger partial charge in [0.05, 0.1) is 7.11 Å². The lowest BCUT2D eigenvalue weighted by Gasteiger charge is -2.23. The number of rotatable bonds is 2. The van der Waals surface area contributed by atoms with E-state index in [1.807, 2.05) is 6.07 Å². The van der Waals surface area contributed by atoms with Gasteiger partial charge in [0, 0.05) is 0 Å². The summed E-state index contributed by atoms with van der Waals surface area (Å²) in [7, 11) is 1.71. The fourth-order valence-corrected chi connectivity index (χ4v) is 2.14. The lowest BCUT2D eigenvalue weighted by atomic mass is 9.84. The fourth-order valence-electron chi connectivity index (χ4n) is 2.14. The van der Waals surface area contributed by atoms with Crippen molar-refractivity contribution in [2.75, 3.05) is 13.7 Å². The maximum absolute atomic E-state index is 5.70. The minimum Gasteiger partial charge on any atom is -0.497 e. The van der Waals surface area contributed by atoms with E-state index in [0.717, 1.165) is 18.7 Å². The highest BCUT2D eigenvalue weighted by Crippen LogP contribution is 2.27. The zero-order valence-electron chi connectivity index (χ0n) is 8.62. The molecule has 1 aliphatic rings. The first-order valence-electron chi connectivity index (χ1n) is 5.19. The van der Waals surface area contributed by atoms with E-state index in [0.29, 0.717) is 5.92 Å². The summed E-state index contributed by atoms with van der Waals surface area (Å²) in [6.07, 6.45) is 3.51. The highest BCUT2D eigenvalue weighted by atomic mass is 16.5. The largest absolute Gasteiger partial charge is 0.497 e. The molecular formula is C12H17NO. The van der Waals surface area contributed by atoms with Crippen molar-refractivity contribution in [3.05, 3.63) is 29.3 Å². The van der Waals surface area contributed by atoms with E-state index in [1.165, 1.54) is 24.0 Å². The van der Waals surface area contributed by atoms with Gasteiger partial charge < -0.3 is 10.5 Å². The van der Waals surface area contributed by atoms with Crippen LogP contribution in [-0.4, -0.2) is 13.7 Å². The van der Waals surface area contributed by atoms with E-state index in [2.05, 4.69) is 12.1 Å². The molecule has 14 heavy (non-hydrogen) atoms. The van der Waals surface area contributed by atoms with Crippen LogP contribution in [0.3, 0.4) is 0 Å². The number of aryl methyl sites for hydroxylation is 1. The number of benzene rings is 1. The molecule has 1 unspecified atom stereocenters. The molecule has 0 amide bonds. The van der Waals surface area contributed by atoms with Crippen LogP contribution in [0.15, 0.2) is 18.2 Å². The molecule has 1 aromatic carbocycles. The number of methoxy groups -OCH3 is 1. The molecule has 0 fully saturated rings. The van der Waals surface area contributed by atoms with Gasteiger partial charge in [-0.25, -0.2) is 0 Å². The minimum atomic E-state index is 0.662. The topological polar surface area (TPSA) is 35.2 Å². The molecular weight excluding hydrogens is 174 g/mol. The second-order valence-corrected chi connectivity index (χ2v) is 3.98. The van der Waals surface area contributed by atoms with Gasteiger partial charge in [-0.2, -0.15) is 0 Å². The van der Waals surface area contributed by atoms with Gasteiger partial charge in [-0.05, 0) is 55.0 Å². The third kappa shape index (κ3) is 1.75. The Morgan fingerprint density at radius 3 is 3.00 bits per heavy atom. The smallest absolute Gasteiger partial charge is 0.119 e. The first-order chi connectivity index (χ1) is 6.83. The third-order valence-electron chi connectivity index (χ3n) is 3.08. The van der Waals surface area contributed by atoms with Gasteiger partial charge in [-0.3, -0.25) is 0 Å². The molecule has 0 aromatic heterocycles. The van der Waals surface area contributed by atoms with Crippen molar-refractivity contribution in [3.8, 4) is 5.75 Å². The number of hydrogen-bond donors (Lipinski definition) is 1. The summed E-state index contributed by atoms with van der Waals surface area (Å²) in [5.74, 6) is 1.62. The molecule has 0 aliphatic heterocycles. The Bertz CT molecular complexity index is 322. The molecule has 0 spiro atoms. The molecule has 2 rings (SSSR count). The van der Waals surface area contributed by atoms with Crippen molar-refractivity contribution < 1.29 is 4.74 Å². The molecule has 2 heteroatoms. The maximum atomic E-state index is 5.70. The molecule has 1 atom stereocenters. The first-order valence-corrected chi connectivity index (χ1v) is 5.19. The standard InChI is InChI=1S/C12H17NO/c1-14-12-5-4-10-3-2-9(8-13)6-11(10)7-12/h4-5,7,9H,2-3,6,8,13H2,1H3. The Kier molecular flexibility index (Phi) is 2.73. The SMILES string of the molecule is COc1ccc2c(c1)CC(CN)CC2. The van der Waals surface area contributed by atoms with E-state index in [4.69, 9.17) is 10.5 Å². The number of ether oxygens (including phenoxy) is 1. The predicted octanol–water partition coefficient (Wildman–Crippen LogP) is 1.76. The first kappa shape index (κ1) is 9.53. The van der Waals surface area contributed by atoms with E-state index in [-0.39, 0.29) is 0 Å². The average molecular weight is 191 g/mol. The Hall–Kier alpha value is -1.02. The van der Waals surface area contributed by atoms with Crippen LogP contribution in [0.5, 0.6) is 5.75 Å². The van der Waals surface area contributed by atoms with E-state index >= 15 is 0 Å². The molecule has 2 N–H and O–H groups in total. The van der Waals surface area contributed by atoms with Crippen LogP contribution in [0.25, 0.3) is 0 Å². The van der Waals surface area contributed by atoms with Gasteiger partial charge in [0.25, 0.3) is 0 Å². The predicted molar refractivity (Wildman–Crippen MR) is 57.6 cm³/mol. The van der Waals surface area contributed by atoms with E-state index < -0.39 is 0 Å². The molecule has 1 aliphatic carbocycles. The van der Waals surface area contributed by atoms with Crippen molar-refractivity contribution in [1.29, 1.82) is 0 Å². The van der Waals surface area contributed by atoms with Crippen LogP contribution in [0, 0.1) is 5.92 Å². The van der Waals surface area contributed by atoms with Gasteiger partial charge in [0.1, 0.15) is 5.75 Å². The van der Waals surface area contributed by atoms with Crippen LogP contribution in [0.1, 0.15) is 17.5 Å². The Balaban J connectivity index is 2.25. The van der Waals surface area contributed by atoms with Crippen LogP contribution in [-0.2, 0) is 12.8 Å². The van der Waals surface area contributed by atoms with Crippen molar-refractivity contribution >= 4 is 0 Å². The molecule has 0 bridgehead atoms. The van der Waals surface area contributed by atoms with Crippen molar-refractivity contribution in [3.63, 3.8) is 0 Å². The summed E-state index contributed by atoms with van der Waals surface area (Å²) in [4.78, 5) is 0. The maximum Gasteiger partial charge on any atom is 0.119 e. The van der Waals surface area contributed by atoms with Gasteiger partial charge >= 0.3 is 0 Å². The molecule has 0 heterocycles. The van der Waals surface area contributed by atoms with Crippen LogP contribution < -0.4 is 10.5 Å². The molecule has 0 saturated carbocycles. The lowest BCUT2D eigenvalue weighted by molar-refractivity contribution is 0.411. The van der Waals surface area contributed by atoms with Crippen LogP contribution in [0.2, 0.25) is 0 Å². The average Bonchev–Trinajstić information content (AvgIpc) is 2.27. The molecule has 76 valence electrons. The summed E-state index contributed by atoms with van der Waals surface area (Å²) in [6, 6.07) is 6.37. The van der Waals surface area contributed by atoms with Gasteiger partial charge in [-0.15, -0.1) is 0 Å². The van der Waals surface area contributed by atoms with Crippen molar-refractivity contribution in [2.45, 2.75) is 19.3 Å². The van der Waals surface area contributed by atoms with Gasteiger partial charge in [0.15, 0.2) is 0 Å². The highest BCUT2D eigenvalue weighted by molar-refractivity contribution is 5.37. The second-order valence-electron chi connectivity index (χ2n) is 3.98. The molecule has 0 radical (unpaired) electrons. The fraction of sp³-hybridized carbons (Fsp3) is 0.500. The van der Waals surface area contributed by atoms with E-state index in [9.17, 15) is 0 Å². The summed E-state index contributed by atoms with van der Waals surface area (Å²) in [5, 5.41) is 0. The number of hydrogen-bond acceptors (Lipinski definition) is 2. The monoisotopic (exact) mass is 191 g/mol. The highest BCUT2D eigenvalue weighted by Gasteiger charge is 2.17. The number of fused-ring (bicyclic) bond motifs is 1. The zero-order chi connectivity index (χ0) is 9.97. The Labute approximate surface area is 85.1 Å². The van der Waals surface area contributed by atoms with Crippen molar-refractivity contribution in [2.24, 2.45) is 11.7 Å². The summed E-state index contributed by atoms with van der Waals surface area (Å²) in [5.41, 5.74) is 8.59. The summed E-state index contributed by atoms with van der Waals surface area (Å²) >= 11 is 0. The van der Waals surface area contributed by atoms with Crippen LogP contribution >= 0.6 is 0 Å².